The van der Waals surface area contributed by atoms with Crippen LogP contribution in [0, 0.1) is 11.3 Å². The Labute approximate surface area is 291 Å². The van der Waals surface area contributed by atoms with E-state index in [-0.39, 0.29) is 36.2 Å². The molecule has 3 aliphatic heterocycles. The fraction of sp³-hybridized carbons (Fsp3) is 0.371. The third-order valence-electron chi connectivity index (χ3n) is 9.63. The molecule has 0 spiro atoms. The van der Waals surface area contributed by atoms with Crippen LogP contribution in [-0.2, 0) is 23.2 Å². The summed E-state index contributed by atoms with van der Waals surface area (Å²) in [5.74, 6) is -0.156. The van der Waals surface area contributed by atoms with Crippen LogP contribution in [0.25, 0.3) is 0 Å². The average Bonchev–Trinajstić information content (AvgIpc) is 3.10. The standard InChI is InChI=1S/C35H36Br2N6O4/c36-27-18-23(19-28(37)31(27)44)20-30(32(45)41-16-12-35(22-38,13-17-41)25-7-2-1-3-8-25)40-33(46)42-14-10-26(11-15-42)43-21-24-6-4-5-9-29(24)39-34(43)47/h1-9,18-19,26,30,44H,10-17,20-21H2,(H,39,47)(H,40,46)/t30-/m1/s1. The largest absolute Gasteiger partial charge is 0.506 e. The van der Waals surface area contributed by atoms with E-state index in [0.29, 0.717) is 67.4 Å². The number of carbonyl (C=O) groups is 3. The highest BCUT2D eigenvalue weighted by molar-refractivity contribution is 9.11. The quantitative estimate of drug-likeness (QED) is 0.278. The number of nitrogens with zero attached hydrogens (tertiary/aromatic N) is 4. The monoisotopic (exact) mass is 762 g/mol. The Hall–Kier alpha value is -4.08. The van der Waals surface area contributed by atoms with E-state index < -0.39 is 11.5 Å². The molecule has 3 aromatic carbocycles. The van der Waals surface area contributed by atoms with Crippen LogP contribution in [0.3, 0.4) is 0 Å². The molecule has 0 unspecified atom stereocenters. The zero-order valence-electron chi connectivity index (χ0n) is 25.8. The molecule has 0 saturated carbocycles. The summed E-state index contributed by atoms with van der Waals surface area (Å²) in [6.45, 7) is 2.21. The smallest absolute Gasteiger partial charge is 0.322 e. The molecule has 0 aliphatic carbocycles. The van der Waals surface area contributed by atoms with Crippen molar-refractivity contribution >= 4 is 55.5 Å². The van der Waals surface area contributed by atoms with Gasteiger partial charge in [-0.1, -0.05) is 48.5 Å². The second kappa shape index (κ2) is 14.0. The first-order valence-electron chi connectivity index (χ1n) is 15.8. The third-order valence-corrected chi connectivity index (χ3v) is 10.8. The van der Waals surface area contributed by atoms with Gasteiger partial charge in [-0.2, -0.15) is 5.26 Å². The first-order valence-corrected chi connectivity index (χ1v) is 17.4. The Morgan fingerprint density at radius 1 is 0.979 bits per heavy atom. The van der Waals surface area contributed by atoms with Crippen LogP contribution < -0.4 is 10.6 Å². The molecular weight excluding hydrogens is 728 g/mol. The van der Waals surface area contributed by atoms with E-state index in [9.17, 15) is 24.8 Å². The van der Waals surface area contributed by atoms with Crippen LogP contribution in [0.5, 0.6) is 5.75 Å². The molecule has 10 nitrogen and oxygen atoms in total. The van der Waals surface area contributed by atoms with Crippen LogP contribution in [-0.4, -0.2) is 76.0 Å². The van der Waals surface area contributed by atoms with E-state index >= 15 is 0 Å². The minimum atomic E-state index is -0.862. The number of phenols is 1. The van der Waals surface area contributed by atoms with Gasteiger partial charge in [-0.05, 0) is 92.4 Å². The summed E-state index contributed by atoms with van der Waals surface area (Å²) >= 11 is 6.75. The van der Waals surface area contributed by atoms with Crippen LogP contribution in [0.15, 0.2) is 75.7 Å². The number of carbonyl (C=O) groups excluding carboxylic acids is 3. The van der Waals surface area contributed by atoms with Crippen molar-refractivity contribution in [3.63, 3.8) is 0 Å². The molecule has 5 amide bonds. The first-order chi connectivity index (χ1) is 22.7. The van der Waals surface area contributed by atoms with Crippen molar-refractivity contribution in [2.75, 3.05) is 31.5 Å². The van der Waals surface area contributed by atoms with E-state index in [2.05, 4.69) is 48.6 Å². The number of halogens is 2. The van der Waals surface area contributed by atoms with E-state index in [0.717, 1.165) is 22.4 Å². The van der Waals surface area contributed by atoms with Gasteiger partial charge >= 0.3 is 12.1 Å². The van der Waals surface area contributed by atoms with Crippen molar-refractivity contribution in [2.24, 2.45) is 0 Å². The zero-order valence-corrected chi connectivity index (χ0v) is 29.0. The first kappa shape index (κ1) is 32.8. The summed E-state index contributed by atoms with van der Waals surface area (Å²) < 4.78 is 0.955. The Balaban J connectivity index is 1.13. The summed E-state index contributed by atoms with van der Waals surface area (Å²) in [5.41, 5.74) is 2.94. The number of urea groups is 2. The lowest BCUT2D eigenvalue weighted by Gasteiger charge is -2.41. The molecule has 0 bridgehead atoms. The van der Waals surface area contributed by atoms with Gasteiger partial charge in [-0.25, -0.2) is 9.59 Å². The number of hydrogen-bond acceptors (Lipinski definition) is 5. The van der Waals surface area contributed by atoms with E-state index in [1.807, 2.05) is 59.5 Å². The highest BCUT2D eigenvalue weighted by Gasteiger charge is 2.40. The topological polar surface area (TPSA) is 129 Å². The van der Waals surface area contributed by atoms with Crippen LogP contribution in [0.1, 0.15) is 42.4 Å². The number of para-hydroxylation sites is 1. The summed E-state index contributed by atoms with van der Waals surface area (Å²) in [4.78, 5) is 45.9. The van der Waals surface area contributed by atoms with Crippen molar-refractivity contribution in [3.8, 4) is 11.8 Å². The molecule has 6 rings (SSSR count). The van der Waals surface area contributed by atoms with Gasteiger partial charge in [0.1, 0.15) is 11.8 Å². The Bertz CT molecular complexity index is 1670. The number of hydrogen-bond donors (Lipinski definition) is 3. The maximum atomic E-state index is 14.1. The number of phenolic OH excluding ortho intramolecular Hbond substituents is 1. The van der Waals surface area contributed by atoms with Crippen molar-refractivity contribution in [1.29, 1.82) is 5.26 Å². The highest BCUT2D eigenvalue weighted by Crippen LogP contribution is 2.36. The predicted octanol–water partition coefficient (Wildman–Crippen LogP) is 6.13. The van der Waals surface area contributed by atoms with Crippen molar-refractivity contribution in [1.82, 2.24) is 20.0 Å². The van der Waals surface area contributed by atoms with Gasteiger partial charge in [0.25, 0.3) is 0 Å². The summed E-state index contributed by atoms with van der Waals surface area (Å²) in [5, 5.41) is 26.4. The number of nitriles is 1. The summed E-state index contributed by atoms with van der Waals surface area (Å²) in [7, 11) is 0. The molecular formula is C35H36Br2N6O4. The van der Waals surface area contributed by atoms with Gasteiger partial charge in [0.2, 0.25) is 5.91 Å². The number of rotatable bonds is 6. The molecule has 2 saturated heterocycles. The molecule has 12 heteroatoms. The zero-order chi connectivity index (χ0) is 33.1. The van der Waals surface area contributed by atoms with E-state index in [1.165, 1.54) is 0 Å². The summed E-state index contributed by atoms with van der Waals surface area (Å²) in [6.07, 6.45) is 2.46. The Kier molecular flexibility index (Phi) is 9.75. The number of anilines is 1. The normalized spacial score (nSPS) is 18.5. The minimum absolute atomic E-state index is 0.00472. The maximum Gasteiger partial charge on any atom is 0.322 e. The molecule has 47 heavy (non-hydrogen) atoms. The van der Waals surface area contributed by atoms with E-state index in [4.69, 9.17) is 0 Å². The molecule has 244 valence electrons. The number of nitrogens with one attached hydrogen (secondary N) is 2. The molecule has 1 atom stereocenters. The maximum absolute atomic E-state index is 14.1. The molecule has 3 aliphatic rings. The predicted molar refractivity (Wildman–Crippen MR) is 185 cm³/mol. The number of aromatic hydroxyl groups is 1. The molecule has 2 fully saturated rings. The lowest BCUT2D eigenvalue weighted by Crippen LogP contribution is -2.57. The second-order valence-electron chi connectivity index (χ2n) is 12.4. The molecule has 3 heterocycles. The molecule has 3 N–H and O–H groups in total. The second-order valence-corrected chi connectivity index (χ2v) is 14.1. The van der Waals surface area contributed by atoms with Crippen LogP contribution in [0.2, 0.25) is 0 Å². The number of likely N-dealkylation sites (tertiary alicyclic amines) is 2. The van der Waals surface area contributed by atoms with Gasteiger partial charge in [-0.3, -0.25) is 4.79 Å². The third kappa shape index (κ3) is 6.97. The Morgan fingerprint density at radius 3 is 2.28 bits per heavy atom. The van der Waals surface area contributed by atoms with Crippen molar-refractivity contribution in [2.45, 2.75) is 56.1 Å². The number of fused-ring (bicyclic) bond motifs is 1. The lowest BCUT2D eigenvalue weighted by molar-refractivity contribution is -0.134. The minimum Gasteiger partial charge on any atom is -0.506 e. The Morgan fingerprint density at radius 2 is 1.62 bits per heavy atom. The van der Waals surface area contributed by atoms with Gasteiger partial charge in [-0.15, -0.1) is 0 Å². The van der Waals surface area contributed by atoms with Crippen LogP contribution >= 0.6 is 31.9 Å². The lowest BCUT2D eigenvalue weighted by atomic mass is 9.74. The van der Waals surface area contributed by atoms with Crippen molar-refractivity contribution in [3.05, 3.63) is 92.4 Å². The SMILES string of the molecule is N#CC1(c2ccccc2)CCN(C(=O)[C@@H](Cc2cc(Br)c(O)c(Br)c2)NC(=O)N2CCC(N3Cc4ccccc4NC3=O)CC2)CC1. The van der Waals surface area contributed by atoms with Gasteiger partial charge in [0.05, 0.1) is 20.4 Å². The van der Waals surface area contributed by atoms with Gasteiger partial charge in [0.15, 0.2) is 0 Å². The molecule has 0 aromatic heterocycles. The van der Waals surface area contributed by atoms with Crippen LogP contribution in [0.4, 0.5) is 15.3 Å². The summed E-state index contributed by atoms with van der Waals surface area (Å²) in [6, 6.07) is 22.1. The molecule has 3 aromatic rings. The fourth-order valence-corrected chi connectivity index (χ4v) is 8.14. The average molecular weight is 765 g/mol. The number of benzene rings is 3. The fourth-order valence-electron chi connectivity index (χ4n) is 6.86. The van der Waals surface area contributed by atoms with E-state index in [1.54, 1.807) is 21.9 Å². The van der Waals surface area contributed by atoms with Crippen molar-refractivity contribution < 1.29 is 19.5 Å². The highest BCUT2D eigenvalue weighted by atomic mass is 79.9. The van der Waals surface area contributed by atoms with Gasteiger partial charge in [0, 0.05) is 50.9 Å². The number of amides is 5. The molecule has 0 radical (unpaired) electrons. The number of piperidine rings is 2. The van der Waals surface area contributed by atoms with Gasteiger partial charge < -0.3 is 30.4 Å².